The highest BCUT2D eigenvalue weighted by Crippen LogP contribution is 2.26. The summed E-state index contributed by atoms with van der Waals surface area (Å²) in [5, 5.41) is 12.5. The Kier molecular flexibility index (Phi) is 9.56. The fraction of sp³-hybridized carbons (Fsp3) is 0.400. The Morgan fingerprint density at radius 2 is 1.69 bits per heavy atom. The van der Waals surface area contributed by atoms with Crippen LogP contribution in [0.15, 0.2) is 53.3 Å². The van der Waals surface area contributed by atoms with Gasteiger partial charge in [-0.05, 0) is 69.0 Å². The predicted molar refractivity (Wildman–Crippen MR) is 156 cm³/mol. The van der Waals surface area contributed by atoms with Crippen molar-refractivity contribution in [3.63, 3.8) is 0 Å². The van der Waals surface area contributed by atoms with Gasteiger partial charge in [-0.15, -0.1) is 0 Å². The number of esters is 1. The van der Waals surface area contributed by atoms with Crippen molar-refractivity contribution >= 4 is 29.3 Å². The van der Waals surface area contributed by atoms with E-state index < -0.39 is 35.7 Å². The maximum atomic E-state index is 13.1. The van der Waals surface area contributed by atoms with Gasteiger partial charge in [0.1, 0.15) is 29.2 Å². The second-order valence-corrected chi connectivity index (χ2v) is 12.0. The maximum Gasteiger partial charge on any atom is 0.410 e. The van der Waals surface area contributed by atoms with Gasteiger partial charge in [0.15, 0.2) is 0 Å². The van der Waals surface area contributed by atoms with Crippen molar-refractivity contribution in [3.05, 3.63) is 74.2 Å². The third kappa shape index (κ3) is 8.12. The Morgan fingerprint density at radius 3 is 2.24 bits per heavy atom. The topological polar surface area (TPSA) is 147 Å². The molecule has 3 aromatic rings. The number of ether oxygens (including phenoxy) is 3. The van der Waals surface area contributed by atoms with Crippen LogP contribution in [0.1, 0.15) is 49.6 Å². The van der Waals surface area contributed by atoms with Crippen molar-refractivity contribution < 1.29 is 33.7 Å². The number of amides is 2. The zero-order valence-corrected chi connectivity index (χ0v) is 24.8. The SMILES string of the molecule is COC(=O)C(Cc1ccc(Oc2ccc(Cc3sc(=O)[nH]c3O)cc2)cc1)NC(=O)C1CCCN1C(=O)OC(C)(C)C. The number of benzene rings is 2. The second kappa shape index (κ2) is 13.1. The Labute approximate surface area is 247 Å². The summed E-state index contributed by atoms with van der Waals surface area (Å²) in [5.41, 5.74) is 0.992. The van der Waals surface area contributed by atoms with Crippen LogP contribution >= 0.6 is 11.3 Å². The largest absolute Gasteiger partial charge is 0.494 e. The number of carbonyl (C=O) groups excluding carboxylic acids is 3. The van der Waals surface area contributed by atoms with Crippen LogP contribution in [0.2, 0.25) is 0 Å². The molecule has 2 aromatic carbocycles. The molecular weight excluding hydrogens is 562 g/mol. The van der Waals surface area contributed by atoms with Crippen molar-refractivity contribution in [3.8, 4) is 17.4 Å². The fourth-order valence-electron chi connectivity index (χ4n) is 4.58. The van der Waals surface area contributed by atoms with Crippen molar-refractivity contribution in [1.82, 2.24) is 15.2 Å². The van der Waals surface area contributed by atoms with Gasteiger partial charge in [-0.25, -0.2) is 9.59 Å². The number of rotatable bonds is 9. The number of aromatic amines is 1. The van der Waals surface area contributed by atoms with Gasteiger partial charge in [-0.3, -0.25) is 19.5 Å². The van der Waals surface area contributed by atoms with Crippen LogP contribution in [-0.2, 0) is 31.9 Å². The number of H-pyrrole nitrogens is 1. The van der Waals surface area contributed by atoms with Gasteiger partial charge >= 0.3 is 16.9 Å². The number of nitrogens with zero attached hydrogens (tertiary/aromatic N) is 1. The molecule has 1 fully saturated rings. The molecule has 1 aromatic heterocycles. The molecule has 0 radical (unpaired) electrons. The molecule has 1 saturated heterocycles. The van der Waals surface area contributed by atoms with Gasteiger partial charge < -0.3 is 24.6 Å². The minimum Gasteiger partial charge on any atom is -0.494 e. The summed E-state index contributed by atoms with van der Waals surface area (Å²) in [6.45, 7) is 5.70. The van der Waals surface area contributed by atoms with Crippen molar-refractivity contribution in [1.29, 1.82) is 0 Å². The number of methoxy groups -OCH3 is 1. The first-order valence-corrected chi connectivity index (χ1v) is 14.4. The van der Waals surface area contributed by atoms with E-state index in [4.69, 9.17) is 14.2 Å². The van der Waals surface area contributed by atoms with Crippen LogP contribution in [0.4, 0.5) is 4.79 Å². The number of aromatic hydroxyl groups is 1. The maximum absolute atomic E-state index is 13.1. The third-order valence-corrected chi connectivity index (χ3v) is 7.44. The number of likely N-dealkylation sites (tertiary alicyclic amines) is 1. The van der Waals surface area contributed by atoms with Crippen LogP contribution in [0.25, 0.3) is 0 Å². The minimum atomic E-state index is -0.944. The van der Waals surface area contributed by atoms with E-state index in [-0.39, 0.29) is 17.2 Å². The molecule has 12 heteroatoms. The highest BCUT2D eigenvalue weighted by Gasteiger charge is 2.38. The van der Waals surface area contributed by atoms with E-state index in [1.807, 2.05) is 12.1 Å². The summed E-state index contributed by atoms with van der Waals surface area (Å²) in [4.78, 5) is 53.7. The monoisotopic (exact) mass is 597 g/mol. The molecule has 0 spiro atoms. The van der Waals surface area contributed by atoms with E-state index in [2.05, 4.69) is 10.3 Å². The molecule has 1 aliphatic heterocycles. The van der Waals surface area contributed by atoms with Gasteiger partial charge in [-0.2, -0.15) is 0 Å². The van der Waals surface area contributed by atoms with Crippen molar-refractivity contribution in [2.24, 2.45) is 0 Å². The zero-order valence-electron chi connectivity index (χ0n) is 24.0. The Morgan fingerprint density at radius 1 is 1.07 bits per heavy atom. The Bertz CT molecular complexity index is 1460. The molecule has 2 heterocycles. The minimum absolute atomic E-state index is 0.110. The number of carbonyl (C=O) groups is 3. The molecule has 0 aliphatic carbocycles. The third-order valence-electron chi connectivity index (χ3n) is 6.57. The average molecular weight is 598 g/mol. The van der Waals surface area contributed by atoms with Gasteiger partial charge in [0.05, 0.1) is 12.0 Å². The van der Waals surface area contributed by atoms with E-state index in [1.54, 1.807) is 57.2 Å². The van der Waals surface area contributed by atoms with Crippen LogP contribution in [0, 0.1) is 0 Å². The van der Waals surface area contributed by atoms with Gasteiger partial charge in [0.2, 0.25) is 11.8 Å². The summed E-state index contributed by atoms with van der Waals surface area (Å²) in [5.74, 6) is 0.0407. The smallest absolute Gasteiger partial charge is 0.410 e. The lowest BCUT2D eigenvalue weighted by Gasteiger charge is -2.28. The second-order valence-electron chi connectivity index (χ2n) is 11.0. The van der Waals surface area contributed by atoms with E-state index >= 15 is 0 Å². The molecule has 0 saturated carbocycles. The van der Waals surface area contributed by atoms with Gasteiger partial charge in [0.25, 0.3) is 0 Å². The van der Waals surface area contributed by atoms with Crippen LogP contribution < -0.4 is 14.9 Å². The summed E-state index contributed by atoms with van der Waals surface area (Å²) >= 11 is 0.972. The zero-order chi connectivity index (χ0) is 30.4. The lowest BCUT2D eigenvalue weighted by molar-refractivity contribution is -0.145. The number of hydrogen-bond acceptors (Lipinski definition) is 9. The molecule has 2 unspecified atom stereocenters. The Hall–Kier alpha value is -4.32. The summed E-state index contributed by atoms with van der Waals surface area (Å²) in [7, 11) is 1.26. The molecule has 4 rings (SSSR count). The fourth-order valence-corrected chi connectivity index (χ4v) is 5.34. The van der Waals surface area contributed by atoms with E-state index in [0.717, 1.165) is 22.5 Å². The Balaban J connectivity index is 1.35. The van der Waals surface area contributed by atoms with Crippen LogP contribution in [0.3, 0.4) is 0 Å². The number of aromatic nitrogens is 1. The van der Waals surface area contributed by atoms with Gasteiger partial charge in [0, 0.05) is 19.4 Å². The van der Waals surface area contributed by atoms with Gasteiger partial charge in [-0.1, -0.05) is 35.6 Å². The number of hydrogen-bond donors (Lipinski definition) is 3. The normalized spacial score (nSPS) is 15.6. The van der Waals surface area contributed by atoms with E-state index in [1.165, 1.54) is 12.0 Å². The number of nitrogens with one attached hydrogen (secondary N) is 2. The molecule has 11 nitrogen and oxygen atoms in total. The predicted octanol–water partition coefficient (Wildman–Crippen LogP) is 4.12. The van der Waals surface area contributed by atoms with Crippen molar-refractivity contribution in [2.75, 3.05) is 13.7 Å². The summed E-state index contributed by atoms with van der Waals surface area (Å²) in [6.07, 6.45) is 1.18. The summed E-state index contributed by atoms with van der Waals surface area (Å²) < 4.78 is 16.3. The van der Waals surface area contributed by atoms with E-state index in [0.29, 0.717) is 42.2 Å². The molecule has 2 amide bonds. The molecular formula is C30H35N3O8S. The first-order valence-electron chi connectivity index (χ1n) is 13.6. The molecule has 3 N–H and O–H groups in total. The molecule has 224 valence electrons. The van der Waals surface area contributed by atoms with Crippen LogP contribution in [-0.4, -0.2) is 64.3 Å². The first kappa shape index (κ1) is 30.6. The molecule has 2 atom stereocenters. The molecule has 0 bridgehead atoms. The lowest BCUT2D eigenvalue weighted by atomic mass is 10.0. The van der Waals surface area contributed by atoms with E-state index in [9.17, 15) is 24.3 Å². The van der Waals surface area contributed by atoms with Crippen molar-refractivity contribution in [2.45, 2.75) is 64.1 Å². The quantitative estimate of drug-likeness (QED) is 0.312. The number of thiazole rings is 1. The summed E-state index contributed by atoms with van der Waals surface area (Å²) in [6, 6.07) is 12.7. The van der Waals surface area contributed by atoms with Crippen LogP contribution in [0.5, 0.6) is 17.4 Å². The standard InChI is InChI=1S/C30H35N3O8S/c1-30(2,3)41-29(38)33-15-5-6-23(33)25(34)31-22(27(36)39-4)16-18-7-11-20(12-8-18)40-21-13-9-19(10-14-21)17-24-26(35)32-28(37)42-24/h7-14,22-23,35H,5-6,15-17H2,1-4H3,(H,31,34)(H,32,37). The molecule has 1 aliphatic rings. The highest BCUT2D eigenvalue weighted by atomic mass is 32.1. The highest BCUT2D eigenvalue weighted by molar-refractivity contribution is 7.09. The molecule has 42 heavy (non-hydrogen) atoms. The first-order chi connectivity index (χ1) is 19.9. The average Bonchev–Trinajstić information content (AvgIpc) is 3.55. The lowest BCUT2D eigenvalue weighted by Crippen LogP contribution is -2.52.